The third-order valence-electron chi connectivity index (χ3n) is 4.81. The van der Waals surface area contributed by atoms with Gasteiger partial charge in [-0.05, 0) is 49.5 Å². The molecule has 0 radical (unpaired) electrons. The topological polar surface area (TPSA) is 70.7 Å². The molecule has 0 saturated heterocycles. The summed E-state index contributed by atoms with van der Waals surface area (Å²) >= 11 is 1.57. The van der Waals surface area contributed by atoms with Gasteiger partial charge in [0.15, 0.2) is 5.78 Å². The maximum Gasteiger partial charge on any atom is 0.159 e. The number of fused-ring (bicyclic) bond motifs is 1. The number of allylic oxidation sites excluding steroid dienone is 1. The number of hydrogen-bond donors (Lipinski definition) is 2. The van der Waals surface area contributed by atoms with E-state index in [2.05, 4.69) is 34.1 Å². The van der Waals surface area contributed by atoms with E-state index in [0.29, 0.717) is 6.04 Å². The third kappa shape index (κ3) is 5.87. The van der Waals surface area contributed by atoms with Crippen LogP contribution < -0.4 is 5.32 Å². The van der Waals surface area contributed by atoms with Gasteiger partial charge in [0.2, 0.25) is 0 Å². The van der Waals surface area contributed by atoms with Crippen molar-refractivity contribution in [1.82, 2.24) is 15.0 Å². The molecule has 0 saturated carbocycles. The summed E-state index contributed by atoms with van der Waals surface area (Å²) in [4.78, 5) is 23.9. The number of nitrogens with zero attached hydrogens (tertiary/aromatic N) is 2. The highest BCUT2D eigenvalue weighted by Gasteiger charge is 2.14. The van der Waals surface area contributed by atoms with Crippen molar-refractivity contribution >= 4 is 34.4 Å². The summed E-state index contributed by atoms with van der Waals surface area (Å²) in [6.45, 7) is 4.29. The standard InChI is InChI=1S/C20H30N4OS/c1-4-15(18(25)11-13-26-3)8-6-7-9-16(5-2)24-20-17-10-12-21-19(17)22-14-23-20/h10-16H,4-9H2,1-3H3,(H2,21,22,23,24). The second-order valence-corrected chi connectivity index (χ2v) is 7.29. The summed E-state index contributed by atoms with van der Waals surface area (Å²) in [5.41, 5.74) is 0.861. The number of anilines is 1. The van der Waals surface area contributed by atoms with E-state index < -0.39 is 0 Å². The smallest absolute Gasteiger partial charge is 0.159 e. The normalized spacial score (nSPS) is 14.0. The minimum Gasteiger partial charge on any atom is -0.367 e. The molecule has 0 aromatic carbocycles. The quantitative estimate of drug-likeness (QED) is 0.396. The van der Waals surface area contributed by atoms with E-state index in [1.54, 1.807) is 24.2 Å². The molecule has 0 aliphatic rings. The van der Waals surface area contributed by atoms with E-state index in [1.165, 1.54) is 0 Å². The van der Waals surface area contributed by atoms with Gasteiger partial charge in [-0.1, -0.05) is 26.7 Å². The van der Waals surface area contributed by atoms with Crippen molar-refractivity contribution in [3.63, 3.8) is 0 Å². The molecule has 2 unspecified atom stereocenters. The van der Waals surface area contributed by atoms with Gasteiger partial charge in [-0.3, -0.25) is 4.79 Å². The van der Waals surface area contributed by atoms with Gasteiger partial charge >= 0.3 is 0 Å². The number of carbonyl (C=O) groups excluding carboxylic acids is 1. The lowest BCUT2D eigenvalue weighted by Gasteiger charge is -2.18. The van der Waals surface area contributed by atoms with Gasteiger partial charge in [-0.25, -0.2) is 9.97 Å². The number of ketones is 1. The molecule has 2 aromatic heterocycles. The minimum absolute atomic E-state index is 0.160. The predicted octanol–water partition coefficient (Wildman–Crippen LogP) is 5.18. The average molecular weight is 375 g/mol. The average Bonchev–Trinajstić information content (AvgIpc) is 3.14. The van der Waals surface area contributed by atoms with Crippen LogP contribution in [0.25, 0.3) is 11.0 Å². The number of aromatic amines is 1. The number of rotatable bonds is 12. The molecule has 0 spiro atoms. The van der Waals surface area contributed by atoms with E-state index in [0.717, 1.165) is 55.4 Å². The molecule has 5 nitrogen and oxygen atoms in total. The molecule has 2 rings (SSSR count). The molecule has 2 N–H and O–H groups in total. The molecular formula is C20H30N4OS. The SMILES string of the molecule is CCC(CCCCC(CC)C(=O)C=CSC)Nc1ncnc2[nH]ccc12. The number of carbonyl (C=O) groups is 1. The first-order chi connectivity index (χ1) is 12.7. The molecule has 2 heterocycles. The van der Waals surface area contributed by atoms with Crippen molar-refractivity contribution in [3.8, 4) is 0 Å². The Bertz CT molecular complexity index is 713. The van der Waals surface area contributed by atoms with Crippen LogP contribution in [0.4, 0.5) is 5.82 Å². The van der Waals surface area contributed by atoms with Gasteiger partial charge in [0, 0.05) is 18.2 Å². The van der Waals surface area contributed by atoms with Crippen molar-refractivity contribution in [2.24, 2.45) is 5.92 Å². The van der Waals surface area contributed by atoms with Gasteiger partial charge in [0.05, 0.1) is 5.39 Å². The van der Waals surface area contributed by atoms with Gasteiger partial charge in [-0.15, -0.1) is 11.8 Å². The van der Waals surface area contributed by atoms with Crippen LogP contribution in [0.3, 0.4) is 0 Å². The van der Waals surface area contributed by atoms with Crippen LogP contribution in [-0.2, 0) is 4.79 Å². The second-order valence-electron chi connectivity index (χ2n) is 6.54. The molecular weight excluding hydrogens is 344 g/mol. The fourth-order valence-electron chi connectivity index (χ4n) is 3.16. The highest BCUT2D eigenvalue weighted by Crippen LogP contribution is 2.21. The molecule has 0 aliphatic heterocycles. The zero-order chi connectivity index (χ0) is 18.8. The van der Waals surface area contributed by atoms with E-state index in [9.17, 15) is 4.79 Å². The minimum atomic E-state index is 0.160. The van der Waals surface area contributed by atoms with Gasteiger partial charge in [-0.2, -0.15) is 0 Å². The van der Waals surface area contributed by atoms with E-state index in [-0.39, 0.29) is 11.7 Å². The lowest BCUT2D eigenvalue weighted by Crippen LogP contribution is -2.19. The number of hydrogen-bond acceptors (Lipinski definition) is 5. The Morgan fingerprint density at radius 1 is 1.27 bits per heavy atom. The van der Waals surface area contributed by atoms with Crippen molar-refractivity contribution in [3.05, 3.63) is 30.1 Å². The van der Waals surface area contributed by atoms with Crippen LogP contribution in [0.1, 0.15) is 52.4 Å². The van der Waals surface area contributed by atoms with Crippen molar-refractivity contribution in [1.29, 1.82) is 0 Å². The lowest BCUT2D eigenvalue weighted by atomic mass is 9.93. The van der Waals surface area contributed by atoms with E-state index in [1.807, 2.05) is 23.9 Å². The Morgan fingerprint density at radius 2 is 2.08 bits per heavy atom. The molecule has 6 heteroatoms. The molecule has 0 aliphatic carbocycles. The molecule has 2 atom stereocenters. The summed E-state index contributed by atoms with van der Waals surface area (Å²) in [5.74, 6) is 1.32. The molecule has 0 fully saturated rings. The summed E-state index contributed by atoms with van der Waals surface area (Å²) in [6.07, 6.45) is 13.4. The molecule has 2 aromatic rings. The molecule has 0 amide bonds. The molecule has 0 bridgehead atoms. The molecule has 142 valence electrons. The Kier molecular flexibility index (Phi) is 8.68. The number of H-pyrrole nitrogens is 1. The Balaban J connectivity index is 1.80. The highest BCUT2D eigenvalue weighted by molar-refractivity contribution is 8.01. The van der Waals surface area contributed by atoms with Crippen LogP contribution in [-0.4, -0.2) is 33.0 Å². The van der Waals surface area contributed by atoms with Crippen molar-refractivity contribution < 1.29 is 4.79 Å². The van der Waals surface area contributed by atoms with Crippen molar-refractivity contribution in [2.45, 2.75) is 58.4 Å². The van der Waals surface area contributed by atoms with Crippen LogP contribution in [0.5, 0.6) is 0 Å². The summed E-state index contributed by atoms with van der Waals surface area (Å²) in [5, 5.41) is 6.47. The third-order valence-corrected chi connectivity index (χ3v) is 5.21. The summed E-state index contributed by atoms with van der Waals surface area (Å²) in [6, 6.07) is 2.39. The van der Waals surface area contributed by atoms with Gasteiger partial charge < -0.3 is 10.3 Å². The Hall–Kier alpha value is -1.82. The van der Waals surface area contributed by atoms with Crippen LogP contribution in [0, 0.1) is 5.92 Å². The van der Waals surface area contributed by atoms with Crippen LogP contribution in [0.15, 0.2) is 30.1 Å². The predicted molar refractivity (Wildman–Crippen MR) is 112 cm³/mol. The maximum atomic E-state index is 12.1. The second kappa shape index (κ2) is 11.0. The zero-order valence-corrected chi connectivity index (χ0v) is 16.8. The molecule has 26 heavy (non-hydrogen) atoms. The first kappa shape index (κ1) is 20.5. The maximum absolute atomic E-state index is 12.1. The first-order valence-corrected chi connectivity index (χ1v) is 10.8. The summed E-state index contributed by atoms with van der Waals surface area (Å²) in [7, 11) is 0. The summed E-state index contributed by atoms with van der Waals surface area (Å²) < 4.78 is 0. The number of aromatic nitrogens is 3. The fraction of sp³-hybridized carbons (Fsp3) is 0.550. The number of thioether (sulfide) groups is 1. The van der Waals surface area contributed by atoms with Crippen LogP contribution >= 0.6 is 11.8 Å². The van der Waals surface area contributed by atoms with E-state index >= 15 is 0 Å². The monoisotopic (exact) mass is 374 g/mol. The fourth-order valence-corrected chi connectivity index (χ4v) is 3.43. The van der Waals surface area contributed by atoms with Crippen LogP contribution in [0.2, 0.25) is 0 Å². The first-order valence-electron chi connectivity index (χ1n) is 9.47. The number of unbranched alkanes of at least 4 members (excludes halogenated alkanes) is 1. The highest BCUT2D eigenvalue weighted by atomic mass is 32.2. The van der Waals surface area contributed by atoms with Gasteiger partial charge in [0.25, 0.3) is 0 Å². The largest absolute Gasteiger partial charge is 0.367 e. The zero-order valence-electron chi connectivity index (χ0n) is 16.0. The van der Waals surface area contributed by atoms with E-state index in [4.69, 9.17) is 0 Å². The Labute approximate surface area is 160 Å². The van der Waals surface area contributed by atoms with Crippen molar-refractivity contribution in [2.75, 3.05) is 11.6 Å². The lowest BCUT2D eigenvalue weighted by molar-refractivity contribution is -0.118. The number of nitrogens with one attached hydrogen (secondary N) is 2. The Morgan fingerprint density at radius 3 is 2.81 bits per heavy atom. The van der Waals surface area contributed by atoms with Gasteiger partial charge in [0.1, 0.15) is 17.8 Å².